The summed E-state index contributed by atoms with van der Waals surface area (Å²) in [4.78, 5) is -0.0295. The molecule has 1 aromatic rings. The minimum absolute atomic E-state index is 0.0295. The van der Waals surface area contributed by atoms with Crippen molar-refractivity contribution >= 4 is 15.9 Å². The van der Waals surface area contributed by atoms with Gasteiger partial charge in [0.2, 0.25) is 0 Å². The number of methoxy groups -OCH3 is 1. The van der Waals surface area contributed by atoms with Crippen molar-refractivity contribution in [3.05, 3.63) is 29.6 Å². The van der Waals surface area contributed by atoms with E-state index < -0.39 is 0 Å². The molecule has 1 aliphatic heterocycles. The molecule has 1 saturated heterocycles. The van der Waals surface area contributed by atoms with Gasteiger partial charge in [-0.15, -0.1) is 0 Å². The Morgan fingerprint density at radius 3 is 2.82 bits per heavy atom. The molecule has 1 fully saturated rings. The monoisotopic (exact) mass is 302 g/mol. The molecule has 1 aliphatic rings. The van der Waals surface area contributed by atoms with Crippen molar-refractivity contribution in [1.82, 2.24) is 0 Å². The van der Waals surface area contributed by atoms with Gasteiger partial charge in [0.25, 0.3) is 0 Å². The Bertz CT molecular complexity index is 397. The fourth-order valence-corrected chi connectivity index (χ4v) is 2.92. The van der Waals surface area contributed by atoms with Gasteiger partial charge in [-0.3, -0.25) is 0 Å². The van der Waals surface area contributed by atoms with Gasteiger partial charge < -0.3 is 9.47 Å². The fourth-order valence-electron chi connectivity index (χ4n) is 2.17. The van der Waals surface area contributed by atoms with Gasteiger partial charge in [-0.1, -0.05) is 15.9 Å². The number of hydrogen-bond acceptors (Lipinski definition) is 2. The second-order valence-corrected chi connectivity index (χ2v) is 5.34. The second-order valence-electron chi connectivity index (χ2n) is 4.35. The number of hydrogen-bond donors (Lipinski definition) is 0. The van der Waals surface area contributed by atoms with Gasteiger partial charge in [-0.25, -0.2) is 4.39 Å². The number of halogens is 2. The SMILES string of the molecule is COc1ccc(F)cc1C(Br)C1CCC(C)O1. The lowest BCUT2D eigenvalue weighted by Crippen LogP contribution is -2.15. The number of rotatable bonds is 3. The van der Waals surface area contributed by atoms with Crippen molar-refractivity contribution in [1.29, 1.82) is 0 Å². The molecule has 3 atom stereocenters. The fraction of sp³-hybridized carbons (Fsp3) is 0.538. The predicted octanol–water partition coefficient (Wildman–Crippen LogP) is 3.84. The van der Waals surface area contributed by atoms with Crippen LogP contribution in [-0.4, -0.2) is 19.3 Å². The quantitative estimate of drug-likeness (QED) is 0.790. The lowest BCUT2D eigenvalue weighted by Gasteiger charge is -2.20. The van der Waals surface area contributed by atoms with E-state index in [1.165, 1.54) is 12.1 Å². The summed E-state index contributed by atoms with van der Waals surface area (Å²) in [5.74, 6) is 0.438. The zero-order valence-corrected chi connectivity index (χ0v) is 11.5. The van der Waals surface area contributed by atoms with Crippen LogP contribution in [0.4, 0.5) is 4.39 Å². The minimum atomic E-state index is -0.253. The van der Waals surface area contributed by atoms with Crippen molar-refractivity contribution in [2.75, 3.05) is 7.11 Å². The van der Waals surface area contributed by atoms with Crippen LogP contribution in [0.3, 0.4) is 0 Å². The first-order valence-electron chi connectivity index (χ1n) is 5.74. The Kier molecular flexibility index (Phi) is 4.05. The van der Waals surface area contributed by atoms with E-state index >= 15 is 0 Å². The third kappa shape index (κ3) is 2.80. The molecule has 0 N–H and O–H groups in total. The zero-order valence-electron chi connectivity index (χ0n) is 9.95. The van der Waals surface area contributed by atoms with Gasteiger partial charge in [0, 0.05) is 5.56 Å². The van der Waals surface area contributed by atoms with E-state index in [0.29, 0.717) is 5.75 Å². The maximum atomic E-state index is 13.3. The molecule has 94 valence electrons. The van der Waals surface area contributed by atoms with Gasteiger partial charge in [-0.2, -0.15) is 0 Å². The summed E-state index contributed by atoms with van der Waals surface area (Å²) in [5, 5.41) is 0. The van der Waals surface area contributed by atoms with Crippen LogP contribution in [0.15, 0.2) is 18.2 Å². The van der Waals surface area contributed by atoms with Crippen LogP contribution < -0.4 is 4.74 Å². The molecule has 4 heteroatoms. The Hall–Kier alpha value is -0.610. The van der Waals surface area contributed by atoms with Crippen molar-refractivity contribution in [3.63, 3.8) is 0 Å². The molecule has 17 heavy (non-hydrogen) atoms. The Balaban J connectivity index is 2.23. The lowest BCUT2D eigenvalue weighted by atomic mass is 10.0. The molecule has 2 nitrogen and oxygen atoms in total. The third-order valence-corrected chi connectivity index (χ3v) is 4.16. The summed E-state index contributed by atoms with van der Waals surface area (Å²) in [6.07, 6.45) is 2.39. The first-order chi connectivity index (χ1) is 8.11. The summed E-state index contributed by atoms with van der Waals surface area (Å²) >= 11 is 3.59. The van der Waals surface area contributed by atoms with Crippen LogP contribution in [0.2, 0.25) is 0 Å². The van der Waals surface area contributed by atoms with Crippen LogP contribution in [0, 0.1) is 5.82 Å². The Labute approximate surface area is 109 Å². The number of ether oxygens (including phenoxy) is 2. The van der Waals surface area contributed by atoms with Crippen LogP contribution in [0.25, 0.3) is 0 Å². The topological polar surface area (TPSA) is 18.5 Å². The van der Waals surface area contributed by atoms with Crippen LogP contribution >= 0.6 is 15.9 Å². The summed E-state index contributed by atoms with van der Waals surface area (Å²) < 4.78 is 24.3. The molecule has 0 amide bonds. The molecule has 2 rings (SSSR count). The molecule has 0 spiro atoms. The lowest BCUT2D eigenvalue weighted by molar-refractivity contribution is 0.0553. The molecule has 3 unspecified atom stereocenters. The summed E-state index contributed by atoms with van der Waals surface area (Å²) in [6.45, 7) is 2.06. The summed E-state index contributed by atoms with van der Waals surface area (Å²) in [7, 11) is 1.59. The van der Waals surface area contributed by atoms with E-state index in [4.69, 9.17) is 9.47 Å². The summed E-state index contributed by atoms with van der Waals surface area (Å²) in [5.41, 5.74) is 0.812. The Morgan fingerprint density at radius 2 is 2.24 bits per heavy atom. The van der Waals surface area contributed by atoms with E-state index in [1.807, 2.05) is 0 Å². The highest BCUT2D eigenvalue weighted by molar-refractivity contribution is 9.09. The number of alkyl halides is 1. The smallest absolute Gasteiger partial charge is 0.123 e. The first kappa shape index (κ1) is 12.8. The van der Waals surface area contributed by atoms with Crippen LogP contribution in [-0.2, 0) is 4.74 Å². The average Bonchev–Trinajstić information content (AvgIpc) is 2.75. The highest BCUT2D eigenvalue weighted by Crippen LogP contribution is 2.40. The predicted molar refractivity (Wildman–Crippen MR) is 68.2 cm³/mol. The normalized spacial score (nSPS) is 25.9. The van der Waals surface area contributed by atoms with Gasteiger partial charge in [0.15, 0.2) is 0 Å². The molecule has 0 bridgehead atoms. The Morgan fingerprint density at radius 1 is 1.47 bits per heavy atom. The van der Waals surface area contributed by atoms with Gasteiger partial charge in [-0.05, 0) is 38.0 Å². The molecule has 0 saturated carbocycles. The molecular weight excluding hydrogens is 287 g/mol. The van der Waals surface area contributed by atoms with E-state index in [0.717, 1.165) is 18.4 Å². The summed E-state index contributed by atoms with van der Waals surface area (Å²) in [6, 6.07) is 4.56. The second kappa shape index (κ2) is 5.36. The molecule has 1 heterocycles. The zero-order chi connectivity index (χ0) is 12.4. The highest BCUT2D eigenvalue weighted by atomic mass is 79.9. The van der Waals surface area contributed by atoms with Crippen LogP contribution in [0.5, 0.6) is 5.75 Å². The third-order valence-electron chi connectivity index (χ3n) is 3.08. The molecular formula is C13H16BrFO2. The van der Waals surface area contributed by atoms with Gasteiger partial charge in [0.05, 0.1) is 24.1 Å². The van der Waals surface area contributed by atoms with Crippen molar-refractivity contribution in [2.24, 2.45) is 0 Å². The average molecular weight is 303 g/mol. The van der Waals surface area contributed by atoms with E-state index in [1.54, 1.807) is 13.2 Å². The molecule has 0 aromatic heterocycles. The maximum absolute atomic E-state index is 13.3. The highest BCUT2D eigenvalue weighted by Gasteiger charge is 2.30. The molecule has 0 aliphatic carbocycles. The van der Waals surface area contributed by atoms with Crippen molar-refractivity contribution in [2.45, 2.75) is 36.8 Å². The van der Waals surface area contributed by atoms with E-state index in [-0.39, 0.29) is 22.9 Å². The van der Waals surface area contributed by atoms with Crippen molar-refractivity contribution < 1.29 is 13.9 Å². The van der Waals surface area contributed by atoms with Crippen molar-refractivity contribution in [3.8, 4) is 5.75 Å². The van der Waals surface area contributed by atoms with Gasteiger partial charge in [0.1, 0.15) is 11.6 Å². The number of benzene rings is 1. The van der Waals surface area contributed by atoms with Gasteiger partial charge >= 0.3 is 0 Å². The van der Waals surface area contributed by atoms with Crippen LogP contribution in [0.1, 0.15) is 30.2 Å². The largest absolute Gasteiger partial charge is 0.496 e. The first-order valence-corrected chi connectivity index (χ1v) is 6.66. The maximum Gasteiger partial charge on any atom is 0.123 e. The van der Waals surface area contributed by atoms with E-state index in [9.17, 15) is 4.39 Å². The standard InChI is InChI=1S/C13H16BrFO2/c1-8-3-5-12(17-8)13(14)10-7-9(15)4-6-11(10)16-2/h4,6-8,12-13H,3,5H2,1-2H3. The minimum Gasteiger partial charge on any atom is -0.496 e. The molecule has 0 radical (unpaired) electrons. The molecule has 1 aromatic carbocycles. The van der Waals surface area contributed by atoms with E-state index in [2.05, 4.69) is 22.9 Å².